The Balaban J connectivity index is 1.84. The standard InChI is InChI=1S/C20H17F3N2O3/c1-10(2)7-15-16(20(21,22)23)18(25-27-15)19-14-6-4-12-8-11(9-26)3-5-13(12)17(14)24-28-19/h3,5,8-10H,4,6-7H2,1-2H3. The predicted octanol–water partition coefficient (Wildman–Crippen LogP) is 5.13. The van der Waals surface area contributed by atoms with Gasteiger partial charge in [-0.1, -0.05) is 36.3 Å². The molecule has 146 valence electrons. The highest BCUT2D eigenvalue weighted by atomic mass is 19.4. The van der Waals surface area contributed by atoms with Crippen molar-refractivity contribution in [2.45, 2.75) is 39.3 Å². The van der Waals surface area contributed by atoms with Gasteiger partial charge in [0.15, 0.2) is 11.5 Å². The van der Waals surface area contributed by atoms with Crippen LogP contribution in [0.25, 0.3) is 22.7 Å². The third-order valence-electron chi connectivity index (χ3n) is 4.81. The van der Waals surface area contributed by atoms with Gasteiger partial charge >= 0.3 is 6.18 Å². The zero-order valence-corrected chi connectivity index (χ0v) is 15.3. The highest BCUT2D eigenvalue weighted by molar-refractivity contribution is 5.81. The molecule has 0 aliphatic heterocycles. The quantitative estimate of drug-likeness (QED) is 0.578. The van der Waals surface area contributed by atoms with Crippen LogP contribution in [0.5, 0.6) is 0 Å². The predicted molar refractivity (Wildman–Crippen MR) is 93.8 cm³/mol. The number of hydrogen-bond acceptors (Lipinski definition) is 5. The molecule has 0 amide bonds. The molecule has 28 heavy (non-hydrogen) atoms. The minimum atomic E-state index is -4.62. The van der Waals surface area contributed by atoms with Gasteiger partial charge in [-0.3, -0.25) is 4.79 Å². The van der Waals surface area contributed by atoms with E-state index in [4.69, 9.17) is 9.05 Å². The fraction of sp³-hybridized carbons (Fsp3) is 0.350. The molecule has 1 aliphatic carbocycles. The van der Waals surface area contributed by atoms with Gasteiger partial charge in [0, 0.05) is 23.1 Å². The number of benzene rings is 1. The summed E-state index contributed by atoms with van der Waals surface area (Å²) in [5, 5.41) is 7.71. The van der Waals surface area contributed by atoms with E-state index in [1.807, 2.05) is 13.8 Å². The smallest absolute Gasteiger partial charge is 0.360 e. The van der Waals surface area contributed by atoms with E-state index < -0.39 is 11.7 Å². The van der Waals surface area contributed by atoms with E-state index in [2.05, 4.69) is 10.3 Å². The van der Waals surface area contributed by atoms with E-state index in [-0.39, 0.29) is 29.6 Å². The summed E-state index contributed by atoms with van der Waals surface area (Å²) >= 11 is 0. The van der Waals surface area contributed by atoms with Crippen LogP contribution in [0, 0.1) is 5.92 Å². The maximum atomic E-state index is 13.7. The van der Waals surface area contributed by atoms with Crippen LogP contribution in [0.3, 0.4) is 0 Å². The van der Waals surface area contributed by atoms with Crippen molar-refractivity contribution >= 4 is 6.29 Å². The number of carbonyl (C=O) groups is 1. The van der Waals surface area contributed by atoms with Crippen molar-refractivity contribution in [3.63, 3.8) is 0 Å². The molecule has 0 saturated heterocycles. The van der Waals surface area contributed by atoms with Crippen molar-refractivity contribution in [3.05, 3.63) is 46.2 Å². The first-order valence-corrected chi connectivity index (χ1v) is 8.92. The van der Waals surface area contributed by atoms with Gasteiger partial charge < -0.3 is 9.05 Å². The average molecular weight is 390 g/mol. The summed E-state index contributed by atoms with van der Waals surface area (Å²) < 4.78 is 51.6. The van der Waals surface area contributed by atoms with Crippen LogP contribution in [-0.4, -0.2) is 16.6 Å². The van der Waals surface area contributed by atoms with Crippen LogP contribution in [0.4, 0.5) is 13.2 Å². The minimum absolute atomic E-state index is 0.00815. The zero-order valence-electron chi connectivity index (χ0n) is 15.3. The molecule has 0 N–H and O–H groups in total. The van der Waals surface area contributed by atoms with E-state index in [0.717, 1.165) is 17.4 Å². The minimum Gasteiger partial charge on any atom is -0.360 e. The number of hydrogen-bond donors (Lipinski definition) is 0. The lowest BCUT2D eigenvalue weighted by Crippen LogP contribution is -2.11. The van der Waals surface area contributed by atoms with Gasteiger partial charge in [-0.15, -0.1) is 0 Å². The topological polar surface area (TPSA) is 69.1 Å². The van der Waals surface area contributed by atoms with E-state index >= 15 is 0 Å². The molecule has 0 fully saturated rings. The average Bonchev–Trinajstić information content (AvgIpc) is 3.24. The summed E-state index contributed by atoms with van der Waals surface area (Å²) in [6.07, 6.45) is -2.74. The number of aromatic nitrogens is 2. The van der Waals surface area contributed by atoms with Gasteiger partial charge in [-0.25, -0.2) is 0 Å². The highest BCUT2D eigenvalue weighted by Crippen LogP contribution is 2.44. The molecule has 0 radical (unpaired) electrons. The lowest BCUT2D eigenvalue weighted by atomic mass is 9.87. The van der Waals surface area contributed by atoms with Crippen LogP contribution in [0.1, 0.15) is 46.7 Å². The molecular weight excluding hydrogens is 373 g/mol. The third-order valence-corrected chi connectivity index (χ3v) is 4.81. The van der Waals surface area contributed by atoms with Crippen LogP contribution >= 0.6 is 0 Å². The molecule has 0 bridgehead atoms. The Bertz CT molecular complexity index is 1050. The molecule has 0 saturated carbocycles. The largest absolute Gasteiger partial charge is 0.422 e. The Labute approximate surface area is 158 Å². The van der Waals surface area contributed by atoms with Crippen LogP contribution < -0.4 is 0 Å². The van der Waals surface area contributed by atoms with Crippen LogP contribution in [-0.2, 0) is 25.4 Å². The number of alkyl halides is 3. The van der Waals surface area contributed by atoms with Crippen molar-refractivity contribution in [3.8, 4) is 22.7 Å². The van der Waals surface area contributed by atoms with Crippen molar-refractivity contribution in [1.82, 2.24) is 10.3 Å². The number of rotatable bonds is 4. The number of halogens is 3. The highest BCUT2D eigenvalue weighted by Gasteiger charge is 2.43. The first kappa shape index (κ1) is 18.5. The SMILES string of the molecule is CC(C)Cc1onc(-c2onc3c2CCc2cc(C=O)ccc2-3)c1C(F)(F)F. The first-order valence-electron chi connectivity index (χ1n) is 8.92. The molecule has 3 aromatic rings. The Morgan fingerprint density at radius 3 is 2.57 bits per heavy atom. The maximum Gasteiger partial charge on any atom is 0.422 e. The second-order valence-electron chi connectivity index (χ2n) is 7.30. The normalized spacial score (nSPS) is 13.5. The number of fused-ring (bicyclic) bond motifs is 3. The van der Waals surface area contributed by atoms with Gasteiger partial charge in [0.2, 0.25) is 0 Å². The Kier molecular flexibility index (Phi) is 4.36. The molecule has 2 heterocycles. The van der Waals surface area contributed by atoms with E-state index in [0.29, 0.717) is 29.7 Å². The fourth-order valence-corrected chi connectivity index (χ4v) is 3.60. The Hall–Kier alpha value is -2.90. The van der Waals surface area contributed by atoms with Crippen molar-refractivity contribution in [2.75, 3.05) is 0 Å². The summed E-state index contributed by atoms with van der Waals surface area (Å²) in [6, 6.07) is 5.14. The number of nitrogens with zero attached hydrogens (tertiary/aromatic N) is 2. The van der Waals surface area contributed by atoms with Gasteiger partial charge in [0.1, 0.15) is 23.3 Å². The van der Waals surface area contributed by atoms with Crippen LogP contribution in [0.2, 0.25) is 0 Å². The summed E-state index contributed by atoms with van der Waals surface area (Å²) in [5.74, 6) is -0.231. The van der Waals surface area contributed by atoms with E-state index in [9.17, 15) is 18.0 Å². The fourth-order valence-electron chi connectivity index (χ4n) is 3.60. The molecule has 1 aliphatic rings. The van der Waals surface area contributed by atoms with Gasteiger partial charge in [0.25, 0.3) is 0 Å². The number of carbonyl (C=O) groups excluding carboxylic acids is 1. The number of aryl methyl sites for hydroxylation is 1. The molecule has 0 spiro atoms. The molecule has 0 unspecified atom stereocenters. The molecule has 1 aromatic carbocycles. The third kappa shape index (κ3) is 3.02. The second kappa shape index (κ2) is 6.61. The Morgan fingerprint density at radius 1 is 1.14 bits per heavy atom. The molecule has 0 atom stereocenters. The van der Waals surface area contributed by atoms with Crippen molar-refractivity contribution in [1.29, 1.82) is 0 Å². The summed E-state index contributed by atoms with van der Waals surface area (Å²) in [4.78, 5) is 11.0. The summed E-state index contributed by atoms with van der Waals surface area (Å²) in [6.45, 7) is 3.62. The molecule has 8 heteroatoms. The molecule has 5 nitrogen and oxygen atoms in total. The van der Waals surface area contributed by atoms with Gasteiger partial charge in [-0.2, -0.15) is 13.2 Å². The first-order chi connectivity index (χ1) is 13.3. The summed E-state index contributed by atoms with van der Waals surface area (Å²) in [5.41, 5.74) is 2.00. The van der Waals surface area contributed by atoms with Gasteiger partial charge in [0.05, 0.1) is 0 Å². The number of aldehydes is 1. The van der Waals surface area contributed by atoms with Crippen LogP contribution in [0.15, 0.2) is 27.2 Å². The summed E-state index contributed by atoms with van der Waals surface area (Å²) in [7, 11) is 0. The molecular formula is C20H17F3N2O3. The second-order valence-corrected chi connectivity index (χ2v) is 7.30. The van der Waals surface area contributed by atoms with Crippen molar-refractivity contribution < 1.29 is 27.0 Å². The molecule has 2 aromatic heterocycles. The molecule has 4 rings (SSSR count). The van der Waals surface area contributed by atoms with Gasteiger partial charge in [-0.05, 0) is 30.4 Å². The Morgan fingerprint density at radius 2 is 1.89 bits per heavy atom. The van der Waals surface area contributed by atoms with Crippen molar-refractivity contribution in [2.24, 2.45) is 5.92 Å². The maximum absolute atomic E-state index is 13.7. The van der Waals surface area contributed by atoms with E-state index in [1.165, 1.54) is 0 Å². The lowest BCUT2D eigenvalue weighted by Gasteiger charge is -2.15. The monoisotopic (exact) mass is 390 g/mol. The zero-order chi connectivity index (χ0) is 20.1. The lowest BCUT2D eigenvalue weighted by molar-refractivity contribution is -0.138. The van der Waals surface area contributed by atoms with E-state index in [1.54, 1.807) is 18.2 Å².